The van der Waals surface area contributed by atoms with Crippen LogP contribution in [-0.4, -0.2) is 50.3 Å². The molecule has 0 saturated carbocycles. The van der Waals surface area contributed by atoms with E-state index in [9.17, 15) is 13.2 Å². The van der Waals surface area contributed by atoms with E-state index in [1.165, 1.54) is 22.1 Å². The molecule has 1 aliphatic rings. The SMILES string of the molecule is CCOc1ccc(NC(=O)CSC)cc1S(=O)(=O)N1CCCCC1. The maximum absolute atomic E-state index is 13.0. The number of carbonyl (C=O) groups excluding carboxylic acids is 1. The Morgan fingerprint density at radius 2 is 2.00 bits per heavy atom. The number of sulfonamides is 1. The number of ether oxygens (including phenoxy) is 1. The average Bonchev–Trinajstić information content (AvgIpc) is 2.57. The van der Waals surface area contributed by atoms with Crippen molar-refractivity contribution in [3.05, 3.63) is 18.2 Å². The topological polar surface area (TPSA) is 75.7 Å². The van der Waals surface area contributed by atoms with E-state index in [-0.39, 0.29) is 10.8 Å². The molecule has 24 heavy (non-hydrogen) atoms. The van der Waals surface area contributed by atoms with Crippen molar-refractivity contribution in [1.29, 1.82) is 0 Å². The van der Waals surface area contributed by atoms with Crippen LogP contribution < -0.4 is 10.1 Å². The molecule has 6 nitrogen and oxygen atoms in total. The smallest absolute Gasteiger partial charge is 0.246 e. The van der Waals surface area contributed by atoms with Crippen LogP contribution in [0.2, 0.25) is 0 Å². The second-order valence-corrected chi connectivity index (χ2v) is 8.31. The minimum absolute atomic E-state index is 0.119. The van der Waals surface area contributed by atoms with E-state index in [1.807, 2.05) is 13.2 Å². The van der Waals surface area contributed by atoms with Gasteiger partial charge in [0.2, 0.25) is 15.9 Å². The van der Waals surface area contributed by atoms with Crippen LogP contribution in [-0.2, 0) is 14.8 Å². The molecule has 1 aliphatic heterocycles. The summed E-state index contributed by atoms with van der Waals surface area (Å²) in [6.07, 6.45) is 4.62. The molecule has 1 aromatic carbocycles. The van der Waals surface area contributed by atoms with E-state index in [0.29, 0.717) is 36.9 Å². The standard InChI is InChI=1S/C16H24N2O4S2/c1-3-22-14-8-7-13(17-16(19)12-23-2)11-15(14)24(20,21)18-9-5-4-6-10-18/h7-8,11H,3-6,9-10,12H2,1-2H3,(H,17,19). The minimum Gasteiger partial charge on any atom is -0.492 e. The summed E-state index contributed by atoms with van der Waals surface area (Å²) in [6.45, 7) is 3.24. The lowest BCUT2D eigenvalue weighted by atomic mass is 10.2. The Labute approximate surface area is 148 Å². The second kappa shape index (κ2) is 8.73. The van der Waals surface area contributed by atoms with Gasteiger partial charge in [0, 0.05) is 18.8 Å². The minimum atomic E-state index is -3.63. The number of amides is 1. The fourth-order valence-corrected chi connectivity index (χ4v) is 4.64. The summed E-state index contributed by atoms with van der Waals surface area (Å²) in [5.74, 6) is 0.487. The first-order valence-electron chi connectivity index (χ1n) is 8.05. The normalized spacial score (nSPS) is 15.9. The third kappa shape index (κ3) is 4.64. The number of carbonyl (C=O) groups is 1. The summed E-state index contributed by atoms with van der Waals surface area (Å²) in [7, 11) is -3.63. The Kier molecular flexibility index (Phi) is 6.94. The molecule has 0 spiro atoms. The van der Waals surface area contributed by atoms with Crippen molar-refractivity contribution in [2.24, 2.45) is 0 Å². The summed E-state index contributed by atoms with van der Waals surface area (Å²) in [4.78, 5) is 11.9. The van der Waals surface area contributed by atoms with Gasteiger partial charge in [-0.25, -0.2) is 8.42 Å². The van der Waals surface area contributed by atoms with Crippen molar-refractivity contribution in [1.82, 2.24) is 4.31 Å². The molecule has 0 radical (unpaired) electrons. The zero-order valence-electron chi connectivity index (χ0n) is 14.1. The summed E-state index contributed by atoms with van der Waals surface area (Å²) < 4.78 is 33.0. The molecule has 1 amide bonds. The highest BCUT2D eigenvalue weighted by molar-refractivity contribution is 7.99. The Balaban J connectivity index is 2.35. The predicted octanol–water partition coefficient (Wildman–Crippen LogP) is 2.56. The monoisotopic (exact) mass is 372 g/mol. The molecule has 1 N–H and O–H groups in total. The lowest BCUT2D eigenvalue weighted by Crippen LogP contribution is -2.35. The van der Waals surface area contributed by atoms with Gasteiger partial charge in [-0.05, 0) is 44.2 Å². The lowest BCUT2D eigenvalue weighted by molar-refractivity contribution is -0.113. The number of benzene rings is 1. The molecule has 1 aromatic rings. The van der Waals surface area contributed by atoms with Crippen molar-refractivity contribution in [2.75, 3.05) is 37.0 Å². The molecule has 1 saturated heterocycles. The maximum Gasteiger partial charge on any atom is 0.246 e. The number of rotatable bonds is 7. The van der Waals surface area contributed by atoms with Crippen LogP contribution in [0.15, 0.2) is 23.1 Å². The summed E-state index contributed by atoms with van der Waals surface area (Å²) >= 11 is 1.41. The van der Waals surface area contributed by atoms with Gasteiger partial charge in [0.05, 0.1) is 12.4 Å². The van der Waals surface area contributed by atoms with E-state index >= 15 is 0 Å². The quantitative estimate of drug-likeness (QED) is 0.796. The van der Waals surface area contributed by atoms with Gasteiger partial charge in [-0.3, -0.25) is 4.79 Å². The highest BCUT2D eigenvalue weighted by atomic mass is 32.2. The number of thioether (sulfide) groups is 1. The molecule has 134 valence electrons. The number of hydrogen-bond acceptors (Lipinski definition) is 5. The lowest BCUT2D eigenvalue weighted by Gasteiger charge is -2.27. The number of hydrogen-bond donors (Lipinski definition) is 1. The Hall–Kier alpha value is -1.25. The van der Waals surface area contributed by atoms with Crippen molar-refractivity contribution in [2.45, 2.75) is 31.1 Å². The van der Waals surface area contributed by atoms with Crippen LogP contribution >= 0.6 is 11.8 Å². The fraction of sp³-hybridized carbons (Fsp3) is 0.562. The van der Waals surface area contributed by atoms with Gasteiger partial charge in [-0.2, -0.15) is 16.1 Å². The molecule has 1 heterocycles. The zero-order chi connectivity index (χ0) is 17.6. The van der Waals surface area contributed by atoms with E-state index in [0.717, 1.165) is 19.3 Å². The number of anilines is 1. The highest BCUT2D eigenvalue weighted by Crippen LogP contribution is 2.31. The van der Waals surface area contributed by atoms with Gasteiger partial charge in [-0.1, -0.05) is 6.42 Å². The van der Waals surface area contributed by atoms with Crippen molar-refractivity contribution >= 4 is 33.4 Å². The van der Waals surface area contributed by atoms with Crippen molar-refractivity contribution in [3.8, 4) is 5.75 Å². The van der Waals surface area contributed by atoms with Crippen LogP contribution in [0.25, 0.3) is 0 Å². The molecule has 0 unspecified atom stereocenters. The van der Waals surface area contributed by atoms with E-state index < -0.39 is 10.0 Å². The van der Waals surface area contributed by atoms with Gasteiger partial charge in [0.1, 0.15) is 10.6 Å². The van der Waals surface area contributed by atoms with E-state index in [1.54, 1.807) is 12.1 Å². The molecule has 2 rings (SSSR count). The zero-order valence-corrected chi connectivity index (χ0v) is 15.7. The highest BCUT2D eigenvalue weighted by Gasteiger charge is 2.29. The Morgan fingerprint density at radius 1 is 1.29 bits per heavy atom. The fourth-order valence-electron chi connectivity index (χ4n) is 2.63. The maximum atomic E-state index is 13.0. The Morgan fingerprint density at radius 3 is 2.62 bits per heavy atom. The van der Waals surface area contributed by atoms with Crippen LogP contribution in [0.1, 0.15) is 26.2 Å². The third-order valence-corrected chi connectivity index (χ3v) is 6.21. The van der Waals surface area contributed by atoms with Crippen LogP contribution in [0.4, 0.5) is 5.69 Å². The van der Waals surface area contributed by atoms with Crippen LogP contribution in [0.5, 0.6) is 5.75 Å². The van der Waals surface area contributed by atoms with Gasteiger partial charge in [-0.15, -0.1) is 0 Å². The largest absolute Gasteiger partial charge is 0.492 e. The summed E-state index contributed by atoms with van der Waals surface area (Å²) in [5, 5.41) is 2.73. The average molecular weight is 373 g/mol. The number of piperidine rings is 1. The first kappa shape index (κ1) is 19.1. The number of nitrogens with one attached hydrogen (secondary N) is 1. The molecule has 0 aromatic heterocycles. The molecule has 0 bridgehead atoms. The van der Waals surface area contributed by atoms with E-state index in [2.05, 4.69) is 5.32 Å². The van der Waals surface area contributed by atoms with Gasteiger partial charge >= 0.3 is 0 Å². The third-order valence-electron chi connectivity index (χ3n) is 3.74. The van der Waals surface area contributed by atoms with Crippen LogP contribution in [0.3, 0.4) is 0 Å². The van der Waals surface area contributed by atoms with E-state index in [4.69, 9.17) is 4.74 Å². The molecular weight excluding hydrogens is 348 g/mol. The van der Waals surface area contributed by atoms with Crippen LogP contribution in [0, 0.1) is 0 Å². The molecule has 0 atom stereocenters. The first-order valence-corrected chi connectivity index (χ1v) is 10.9. The van der Waals surface area contributed by atoms with Gasteiger partial charge in [0.25, 0.3) is 0 Å². The molecular formula is C16H24N2O4S2. The van der Waals surface area contributed by atoms with Crippen molar-refractivity contribution in [3.63, 3.8) is 0 Å². The van der Waals surface area contributed by atoms with Crippen molar-refractivity contribution < 1.29 is 17.9 Å². The second-order valence-electron chi connectivity index (χ2n) is 5.54. The molecule has 0 aliphatic carbocycles. The predicted molar refractivity (Wildman–Crippen MR) is 97.2 cm³/mol. The summed E-state index contributed by atoms with van der Waals surface area (Å²) in [5.41, 5.74) is 0.466. The summed E-state index contributed by atoms with van der Waals surface area (Å²) in [6, 6.07) is 4.76. The molecule has 1 fully saturated rings. The van der Waals surface area contributed by atoms with Gasteiger partial charge < -0.3 is 10.1 Å². The number of nitrogens with zero attached hydrogens (tertiary/aromatic N) is 1. The molecule has 8 heteroatoms. The Bertz CT molecular complexity index is 671. The van der Waals surface area contributed by atoms with Gasteiger partial charge in [0.15, 0.2) is 0 Å². The first-order chi connectivity index (χ1) is 11.5.